The van der Waals surface area contributed by atoms with Gasteiger partial charge in [-0.1, -0.05) is 38.5 Å². The van der Waals surface area contributed by atoms with E-state index in [2.05, 4.69) is 4.99 Å². The molecule has 6 nitrogen and oxygen atoms in total. The normalized spacial score (nSPS) is 11.1. The Morgan fingerprint density at radius 2 is 0.938 bits per heavy atom. The Labute approximate surface area is 94.8 Å². The molecule has 90 valence electrons. The third-order valence-electron chi connectivity index (χ3n) is 1.59. The Kier molecular flexibility index (Phi) is 35.9. The van der Waals surface area contributed by atoms with Crippen molar-refractivity contribution < 1.29 is 14.4 Å². The van der Waals surface area contributed by atoms with Crippen LogP contribution in [0.3, 0.4) is 0 Å². The predicted octanol–water partition coefficient (Wildman–Crippen LogP) is 2.09. The number of aliphatic imine (C=N–C) groups is 1. The summed E-state index contributed by atoms with van der Waals surface area (Å²) in [5.41, 5.74) is 0. The average Bonchev–Trinajstić information content (AvgIpc) is 2.34. The topological polar surface area (TPSA) is 111 Å². The summed E-state index contributed by atoms with van der Waals surface area (Å²) in [5.74, 6) is 0. The molecule has 1 aliphatic rings. The quantitative estimate of drug-likeness (QED) is 0.488. The molecule has 0 amide bonds. The van der Waals surface area contributed by atoms with Crippen molar-refractivity contribution in [1.82, 2.24) is 0 Å². The van der Waals surface area contributed by atoms with Crippen LogP contribution in [-0.2, 0) is 14.4 Å². The summed E-state index contributed by atoms with van der Waals surface area (Å²) in [7, 11) is 1.38. The number of hydrogen-bond acceptors (Lipinski definition) is 6. The highest BCUT2D eigenvalue weighted by molar-refractivity contribution is 5.32. The molecular formula is C10H17N3O3. The van der Waals surface area contributed by atoms with E-state index in [-0.39, 0.29) is 0 Å². The molecule has 2 N–H and O–H groups in total. The molecule has 0 bridgehead atoms. The zero-order valence-electron chi connectivity index (χ0n) is 9.41. The van der Waals surface area contributed by atoms with Gasteiger partial charge in [0.05, 0.1) is 0 Å². The molecular weight excluding hydrogens is 210 g/mol. The van der Waals surface area contributed by atoms with Crippen LogP contribution < -0.4 is 0 Å². The second-order valence-electron chi connectivity index (χ2n) is 2.64. The first kappa shape index (κ1) is 19.7. The fourth-order valence-electron chi connectivity index (χ4n) is 1.06. The third-order valence-corrected chi connectivity index (χ3v) is 1.59. The second kappa shape index (κ2) is 29.2. The van der Waals surface area contributed by atoms with Gasteiger partial charge in [-0.2, -0.15) is 0 Å². The number of hydrogen-bond donors (Lipinski definition) is 2. The molecule has 0 aliphatic heterocycles. The minimum Gasteiger partial charge on any atom is -0.222 e. The number of carbonyl (C=O) groups excluding carboxylic acids is 3. The maximum Gasteiger partial charge on any atom is 0.234 e. The van der Waals surface area contributed by atoms with E-state index < -0.39 is 0 Å². The van der Waals surface area contributed by atoms with Crippen LogP contribution in [0.4, 0.5) is 0 Å². The molecule has 1 aliphatic carbocycles. The van der Waals surface area contributed by atoms with Gasteiger partial charge >= 0.3 is 0 Å². The van der Waals surface area contributed by atoms with Crippen LogP contribution in [0.1, 0.15) is 38.5 Å². The van der Waals surface area contributed by atoms with E-state index in [9.17, 15) is 0 Å². The van der Waals surface area contributed by atoms with Gasteiger partial charge in [0.2, 0.25) is 18.2 Å². The molecule has 0 spiro atoms. The number of nitrogens with one attached hydrogen (secondary N) is 2. The molecule has 0 atom stereocenters. The minimum absolute atomic E-state index is 0.750. The van der Waals surface area contributed by atoms with Gasteiger partial charge < -0.3 is 0 Å². The van der Waals surface area contributed by atoms with Gasteiger partial charge in [0, 0.05) is 7.05 Å². The average molecular weight is 227 g/mol. The van der Waals surface area contributed by atoms with Gasteiger partial charge in [-0.3, -0.25) is 0 Å². The van der Waals surface area contributed by atoms with Gasteiger partial charge in [-0.15, -0.1) is 0 Å². The van der Waals surface area contributed by atoms with Crippen molar-refractivity contribution in [3.63, 3.8) is 0 Å². The lowest BCUT2D eigenvalue weighted by Gasteiger charge is -2.05. The zero-order valence-corrected chi connectivity index (χ0v) is 9.41. The first-order valence-electron chi connectivity index (χ1n) is 4.78. The summed E-state index contributed by atoms with van der Waals surface area (Å²) in [4.78, 5) is 28.5. The molecule has 0 radical (unpaired) electrons. The second-order valence-corrected chi connectivity index (χ2v) is 2.64. The summed E-state index contributed by atoms with van der Waals surface area (Å²) in [6.07, 6.45) is 11.8. The molecule has 0 aromatic carbocycles. The summed E-state index contributed by atoms with van der Waals surface area (Å²) in [6.45, 7) is 0. The van der Waals surface area contributed by atoms with Crippen molar-refractivity contribution in [2.75, 3.05) is 7.05 Å². The molecule has 0 aromatic rings. The predicted molar refractivity (Wildman–Crippen MR) is 58.6 cm³/mol. The monoisotopic (exact) mass is 227 g/mol. The van der Waals surface area contributed by atoms with E-state index >= 15 is 0 Å². The van der Waals surface area contributed by atoms with Gasteiger partial charge in [0.25, 0.3) is 0 Å². The summed E-state index contributed by atoms with van der Waals surface area (Å²) in [6, 6.07) is 0. The maximum absolute atomic E-state index is 8.88. The summed E-state index contributed by atoms with van der Waals surface area (Å²) < 4.78 is 0. The largest absolute Gasteiger partial charge is 0.234 e. The van der Waals surface area contributed by atoms with Crippen LogP contribution >= 0.6 is 0 Å². The van der Waals surface area contributed by atoms with E-state index in [1.165, 1.54) is 51.7 Å². The van der Waals surface area contributed by atoms with Gasteiger partial charge in [0.1, 0.15) is 0 Å². The Bertz CT molecular complexity index is 208. The Hall–Kier alpha value is -1.86. The number of isocyanates is 3. The first-order valence-corrected chi connectivity index (χ1v) is 4.78. The molecule has 1 fully saturated rings. The number of rotatable bonds is 0. The Balaban J connectivity index is -0.000000150. The molecule has 1 saturated carbocycles. The fraction of sp³-hybridized carbons (Fsp3) is 0.700. The molecule has 1 rings (SSSR count). The molecule has 16 heavy (non-hydrogen) atoms. The van der Waals surface area contributed by atoms with Crippen LogP contribution in [0.25, 0.3) is 0 Å². The van der Waals surface area contributed by atoms with E-state index in [0.717, 1.165) is 12.2 Å². The highest BCUT2D eigenvalue weighted by Gasteiger charge is 1.95. The van der Waals surface area contributed by atoms with Crippen LogP contribution in [-0.4, -0.2) is 25.3 Å². The SMILES string of the molecule is C1CCCCC1.CN=C=O.N=C=O.N=C=O. The minimum atomic E-state index is 0.750. The summed E-state index contributed by atoms with van der Waals surface area (Å²) >= 11 is 0. The lowest BCUT2D eigenvalue weighted by atomic mass is 10.0. The molecule has 0 unspecified atom stereocenters. The summed E-state index contributed by atoms with van der Waals surface area (Å²) in [5, 5.41) is 10.8. The highest BCUT2D eigenvalue weighted by Crippen LogP contribution is 2.15. The van der Waals surface area contributed by atoms with Crippen molar-refractivity contribution >= 4 is 18.2 Å². The number of nitrogens with zero attached hydrogens (tertiary/aromatic N) is 1. The van der Waals surface area contributed by atoms with E-state index in [1.807, 2.05) is 0 Å². The smallest absolute Gasteiger partial charge is 0.222 e. The standard InChI is InChI=1S/C6H12.C2H3NO.2CHNO/c1-2-4-6-5-3-1;1-3-2-4;2*2-1-3/h1-6H2;1H3;2*2H. The van der Waals surface area contributed by atoms with E-state index in [1.54, 1.807) is 0 Å². The van der Waals surface area contributed by atoms with Crippen molar-refractivity contribution in [3.05, 3.63) is 0 Å². The third kappa shape index (κ3) is 57.0. The molecule has 0 saturated heterocycles. The lowest BCUT2D eigenvalue weighted by molar-refractivity contribution is 0.504. The maximum atomic E-state index is 8.88. The fourth-order valence-corrected chi connectivity index (χ4v) is 1.06. The van der Waals surface area contributed by atoms with Gasteiger partial charge in [-0.05, 0) is 0 Å². The molecule has 0 aromatic heterocycles. The van der Waals surface area contributed by atoms with Crippen molar-refractivity contribution in [2.24, 2.45) is 4.99 Å². The van der Waals surface area contributed by atoms with Crippen LogP contribution in [0.5, 0.6) is 0 Å². The zero-order chi connectivity index (χ0) is 13.1. The first-order chi connectivity index (χ1) is 7.74. The van der Waals surface area contributed by atoms with Crippen LogP contribution in [0.2, 0.25) is 0 Å². The Morgan fingerprint density at radius 1 is 0.812 bits per heavy atom. The van der Waals surface area contributed by atoms with Crippen molar-refractivity contribution in [3.8, 4) is 0 Å². The highest BCUT2D eigenvalue weighted by atomic mass is 16.1. The Morgan fingerprint density at radius 3 is 1.00 bits per heavy atom. The van der Waals surface area contributed by atoms with E-state index in [4.69, 9.17) is 25.2 Å². The van der Waals surface area contributed by atoms with Crippen LogP contribution in [0.15, 0.2) is 4.99 Å². The molecule has 6 heteroatoms. The van der Waals surface area contributed by atoms with E-state index in [0.29, 0.717) is 0 Å². The lowest BCUT2D eigenvalue weighted by Crippen LogP contribution is -1.85. The van der Waals surface area contributed by atoms with Crippen molar-refractivity contribution in [1.29, 1.82) is 10.8 Å². The van der Waals surface area contributed by atoms with Crippen LogP contribution in [0, 0.1) is 10.8 Å². The van der Waals surface area contributed by atoms with Gasteiger partial charge in [0.15, 0.2) is 0 Å². The molecule has 0 heterocycles. The van der Waals surface area contributed by atoms with Crippen molar-refractivity contribution in [2.45, 2.75) is 38.5 Å². The van der Waals surface area contributed by atoms with Gasteiger partial charge in [-0.25, -0.2) is 30.2 Å².